The molecule has 38 heavy (non-hydrogen) atoms. The average Bonchev–Trinajstić information content (AvgIpc) is 2.96. The average molecular weight is 519 g/mol. The van der Waals surface area contributed by atoms with Crippen molar-refractivity contribution >= 4 is 5.76 Å². The van der Waals surface area contributed by atoms with Gasteiger partial charge in [0.2, 0.25) is 0 Å². The van der Waals surface area contributed by atoms with Gasteiger partial charge in [0.1, 0.15) is 11.9 Å². The summed E-state index contributed by atoms with van der Waals surface area (Å²) in [5.74, 6) is 1.30. The first-order valence-corrected chi connectivity index (χ1v) is 13.5. The molecule has 0 aliphatic heterocycles. The highest BCUT2D eigenvalue weighted by Gasteiger charge is 2.16. The normalized spacial score (nSPS) is 12.7. The number of hydrogen-bond acceptors (Lipinski definition) is 5. The summed E-state index contributed by atoms with van der Waals surface area (Å²) in [5, 5.41) is 9.69. The standard InChI is InChI=1S/C33H42O5/c1-5-25(2)24-27-8-10-29(11-9-27)30-14-18-32(19-15-30)33(38-34)31-16-12-28(13-17-31)26(3)37-23-7-22-36-21-6-20-35-4/h8-19,25,33-34H,3,5-7,20-24H2,1-2,4H3. The van der Waals surface area contributed by atoms with Gasteiger partial charge in [0.25, 0.3) is 0 Å². The van der Waals surface area contributed by atoms with E-state index in [1.807, 2.05) is 36.4 Å². The summed E-state index contributed by atoms with van der Waals surface area (Å²) in [6, 6.07) is 24.6. The number of methoxy groups -OCH3 is 1. The van der Waals surface area contributed by atoms with E-state index in [1.165, 1.54) is 17.5 Å². The highest BCUT2D eigenvalue weighted by Crippen LogP contribution is 2.29. The van der Waals surface area contributed by atoms with E-state index in [0.29, 0.717) is 38.1 Å². The van der Waals surface area contributed by atoms with E-state index in [9.17, 15) is 5.26 Å². The van der Waals surface area contributed by atoms with Gasteiger partial charge in [-0.3, -0.25) is 5.26 Å². The molecule has 0 aliphatic carbocycles. The van der Waals surface area contributed by atoms with Gasteiger partial charge in [-0.25, -0.2) is 4.89 Å². The Morgan fingerprint density at radius 3 is 1.89 bits per heavy atom. The predicted molar refractivity (Wildman–Crippen MR) is 154 cm³/mol. The molecule has 0 radical (unpaired) electrons. The van der Waals surface area contributed by atoms with Crippen LogP contribution in [0.4, 0.5) is 0 Å². The molecule has 5 nitrogen and oxygen atoms in total. The minimum atomic E-state index is -0.583. The molecular weight excluding hydrogens is 476 g/mol. The Bertz CT molecular complexity index is 1070. The molecule has 0 saturated heterocycles. The molecule has 3 rings (SSSR count). The summed E-state index contributed by atoms with van der Waals surface area (Å²) in [4.78, 5) is 4.88. The van der Waals surface area contributed by atoms with Crippen LogP contribution in [0.1, 0.15) is 61.5 Å². The molecule has 0 heterocycles. The van der Waals surface area contributed by atoms with Crippen molar-refractivity contribution in [1.82, 2.24) is 0 Å². The number of hydrogen-bond donors (Lipinski definition) is 1. The van der Waals surface area contributed by atoms with Gasteiger partial charge >= 0.3 is 0 Å². The SMILES string of the molecule is C=C(OCCCOCCCOC)c1ccc(C(OO)c2ccc(-c3ccc(CC(C)CC)cc3)cc2)cc1. The van der Waals surface area contributed by atoms with Crippen molar-refractivity contribution in [3.8, 4) is 11.1 Å². The Hall–Kier alpha value is -2.96. The second kappa shape index (κ2) is 16.1. The molecule has 5 heteroatoms. The summed E-state index contributed by atoms with van der Waals surface area (Å²) >= 11 is 0. The summed E-state index contributed by atoms with van der Waals surface area (Å²) in [6.45, 7) is 11.1. The first kappa shape index (κ1) is 29.6. The minimum Gasteiger partial charge on any atom is -0.494 e. The highest BCUT2D eigenvalue weighted by molar-refractivity contribution is 5.64. The van der Waals surface area contributed by atoms with Crippen LogP contribution in [0.3, 0.4) is 0 Å². The van der Waals surface area contributed by atoms with Gasteiger partial charge in [-0.2, -0.15) is 0 Å². The third kappa shape index (κ3) is 9.10. The molecule has 204 valence electrons. The molecule has 3 aromatic carbocycles. The fourth-order valence-electron chi connectivity index (χ4n) is 4.24. The molecule has 0 amide bonds. The lowest BCUT2D eigenvalue weighted by Crippen LogP contribution is -2.05. The van der Waals surface area contributed by atoms with Crippen LogP contribution in [0, 0.1) is 5.92 Å². The van der Waals surface area contributed by atoms with Crippen molar-refractivity contribution in [1.29, 1.82) is 0 Å². The Balaban J connectivity index is 1.53. The van der Waals surface area contributed by atoms with E-state index < -0.39 is 6.10 Å². The molecular formula is C33H42O5. The van der Waals surface area contributed by atoms with Crippen LogP contribution in [0.15, 0.2) is 79.4 Å². The Morgan fingerprint density at radius 1 is 0.789 bits per heavy atom. The molecule has 0 bridgehead atoms. The van der Waals surface area contributed by atoms with Crippen molar-refractivity contribution in [2.75, 3.05) is 33.5 Å². The molecule has 2 atom stereocenters. The number of rotatable bonds is 17. The maximum Gasteiger partial charge on any atom is 0.143 e. The van der Waals surface area contributed by atoms with Crippen molar-refractivity contribution in [3.63, 3.8) is 0 Å². The molecule has 0 spiro atoms. The van der Waals surface area contributed by atoms with Gasteiger partial charge in [-0.15, -0.1) is 0 Å². The summed E-state index contributed by atoms with van der Waals surface area (Å²) in [5.41, 5.74) is 6.27. The van der Waals surface area contributed by atoms with E-state index in [0.717, 1.165) is 41.5 Å². The minimum absolute atomic E-state index is 0.542. The highest BCUT2D eigenvalue weighted by atomic mass is 17.1. The van der Waals surface area contributed by atoms with Gasteiger partial charge in [-0.05, 0) is 46.6 Å². The van der Waals surface area contributed by atoms with E-state index in [2.05, 4.69) is 56.8 Å². The second-order valence-electron chi connectivity index (χ2n) is 9.73. The largest absolute Gasteiger partial charge is 0.494 e. The van der Waals surface area contributed by atoms with Crippen LogP contribution in [0.2, 0.25) is 0 Å². The Kier molecular flexibility index (Phi) is 12.5. The molecule has 2 unspecified atom stereocenters. The van der Waals surface area contributed by atoms with Gasteiger partial charge < -0.3 is 14.2 Å². The van der Waals surface area contributed by atoms with Gasteiger partial charge in [0.05, 0.1) is 6.61 Å². The lowest BCUT2D eigenvalue weighted by molar-refractivity contribution is -0.270. The Morgan fingerprint density at radius 2 is 1.34 bits per heavy atom. The zero-order valence-corrected chi connectivity index (χ0v) is 23.0. The quantitative estimate of drug-likeness (QED) is 0.0850. The van der Waals surface area contributed by atoms with Gasteiger partial charge in [0.15, 0.2) is 0 Å². The smallest absolute Gasteiger partial charge is 0.143 e. The van der Waals surface area contributed by atoms with Crippen LogP contribution in [-0.4, -0.2) is 38.8 Å². The third-order valence-electron chi connectivity index (χ3n) is 6.77. The zero-order chi connectivity index (χ0) is 27.2. The summed E-state index contributed by atoms with van der Waals surface area (Å²) < 4.78 is 16.3. The van der Waals surface area contributed by atoms with Crippen molar-refractivity contribution < 1.29 is 24.4 Å². The van der Waals surface area contributed by atoms with Crippen LogP contribution in [0.25, 0.3) is 16.9 Å². The monoisotopic (exact) mass is 518 g/mol. The molecule has 1 N–H and O–H groups in total. The molecule has 0 fully saturated rings. The zero-order valence-electron chi connectivity index (χ0n) is 23.0. The lowest BCUT2D eigenvalue weighted by Gasteiger charge is -2.16. The fraction of sp³-hybridized carbons (Fsp3) is 0.394. The van der Waals surface area contributed by atoms with E-state index >= 15 is 0 Å². The number of benzene rings is 3. The van der Waals surface area contributed by atoms with E-state index in [-0.39, 0.29) is 0 Å². The van der Waals surface area contributed by atoms with Crippen LogP contribution in [0.5, 0.6) is 0 Å². The van der Waals surface area contributed by atoms with Crippen LogP contribution < -0.4 is 0 Å². The first-order chi connectivity index (χ1) is 18.5. The van der Waals surface area contributed by atoms with Gasteiger partial charge in [0, 0.05) is 38.9 Å². The topological polar surface area (TPSA) is 57.2 Å². The van der Waals surface area contributed by atoms with Gasteiger partial charge in [-0.1, -0.05) is 99.6 Å². The molecule has 0 saturated carbocycles. The second-order valence-corrected chi connectivity index (χ2v) is 9.73. The molecule has 3 aromatic rings. The first-order valence-electron chi connectivity index (χ1n) is 13.5. The number of ether oxygens (including phenoxy) is 3. The van der Waals surface area contributed by atoms with Crippen LogP contribution in [-0.2, 0) is 25.5 Å². The Labute approximate surface area is 228 Å². The van der Waals surface area contributed by atoms with Crippen molar-refractivity contribution in [3.05, 3.63) is 102 Å². The van der Waals surface area contributed by atoms with Crippen LogP contribution >= 0.6 is 0 Å². The molecule has 0 aliphatic rings. The summed E-state index contributed by atoms with van der Waals surface area (Å²) in [7, 11) is 1.69. The van der Waals surface area contributed by atoms with E-state index in [1.54, 1.807) is 7.11 Å². The maximum atomic E-state index is 9.69. The van der Waals surface area contributed by atoms with Crippen molar-refractivity contribution in [2.45, 2.75) is 45.6 Å². The lowest BCUT2D eigenvalue weighted by atomic mass is 9.95. The van der Waals surface area contributed by atoms with Crippen molar-refractivity contribution in [2.24, 2.45) is 5.92 Å². The third-order valence-corrected chi connectivity index (χ3v) is 6.77. The fourth-order valence-corrected chi connectivity index (χ4v) is 4.24. The summed E-state index contributed by atoms with van der Waals surface area (Å²) in [6.07, 6.45) is 3.40. The predicted octanol–water partition coefficient (Wildman–Crippen LogP) is 7.95. The molecule has 0 aromatic heterocycles. The maximum absolute atomic E-state index is 9.69. The van der Waals surface area contributed by atoms with E-state index in [4.69, 9.17) is 19.1 Å².